The monoisotopic (exact) mass is 267 g/mol. The molecule has 1 heterocycles. The Morgan fingerprint density at radius 3 is 2.84 bits per heavy atom. The van der Waals surface area contributed by atoms with Crippen LogP contribution in [0.25, 0.3) is 11.0 Å². The van der Waals surface area contributed by atoms with Crippen LogP contribution in [0.3, 0.4) is 0 Å². The molecule has 0 unspecified atom stereocenters. The van der Waals surface area contributed by atoms with Crippen molar-refractivity contribution >= 4 is 17.0 Å². The minimum absolute atomic E-state index is 0.270. The summed E-state index contributed by atoms with van der Waals surface area (Å²) in [4.78, 5) is 4.15. The highest BCUT2D eigenvalue weighted by atomic mass is 19.1. The highest BCUT2D eigenvalue weighted by Crippen LogP contribution is 2.21. The predicted molar refractivity (Wildman–Crippen MR) is 71.5 cm³/mol. The number of aryl methyl sites for hydroxylation is 1. The van der Waals surface area contributed by atoms with E-state index in [4.69, 9.17) is 15.2 Å². The number of rotatable bonds is 6. The first-order valence-corrected chi connectivity index (χ1v) is 6.12. The van der Waals surface area contributed by atoms with E-state index >= 15 is 0 Å². The van der Waals surface area contributed by atoms with Crippen LogP contribution < -0.4 is 5.73 Å². The summed E-state index contributed by atoms with van der Waals surface area (Å²) in [6.07, 6.45) is 0. The normalized spacial score (nSPS) is 11.3. The zero-order valence-electron chi connectivity index (χ0n) is 11.1. The van der Waals surface area contributed by atoms with Crippen molar-refractivity contribution < 1.29 is 13.9 Å². The lowest BCUT2D eigenvalue weighted by Crippen LogP contribution is -2.11. The molecule has 0 radical (unpaired) electrons. The smallest absolute Gasteiger partial charge is 0.201 e. The van der Waals surface area contributed by atoms with Crippen LogP contribution in [0.1, 0.15) is 5.56 Å². The molecule has 2 aromatic rings. The Labute approximate surface area is 111 Å². The molecule has 2 N–H and O–H groups in total. The van der Waals surface area contributed by atoms with Crippen LogP contribution in [0.4, 0.5) is 10.3 Å². The van der Waals surface area contributed by atoms with Gasteiger partial charge in [0.1, 0.15) is 5.82 Å². The van der Waals surface area contributed by atoms with E-state index in [1.54, 1.807) is 20.1 Å². The van der Waals surface area contributed by atoms with Crippen LogP contribution in [-0.2, 0) is 16.0 Å². The minimum Gasteiger partial charge on any atom is -0.382 e. The van der Waals surface area contributed by atoms with E-state index in [2.05, 4.69) is 4.98 Å². The molecule has 5 nitrogen and oxygen atoms in total. The molecule has 0 aliphatic carbocycles. The minimum atomic E-state index is -0.270. The second-order valence-corrected chi connectivity index (χ2v) is 4.32. The number of imidazole rings is 1. The summed E-state index contributed by atoms with van der Waals surface area (Å²) in [5.41, 5.74) is 7.81. The number of methoxy groups -OCH3 is 1. The van der Waals surface area contributed by atoms with E-state index in [1.165, 1.54) is 6.07 Å². The Kier molecular flexibility index (Phi) is 4.34. The van der Waals surface area contributed by atoms with Crippen LogP contribution in [0.15, 0.2) is 12.1 Å². The van der Waals surface area contributed by atoms with Crippen molar-refractivity contribution in [2.45, 2.75) is 13.5 Å². The van der Waals surface area contributed by atoms with Crippen LogP contribution in [0.5, 0.6) is 0 Å². The molecule has 6 heteroatoms. The SMILES string of the molecule is COCCOCCn1c(N)nc2cc(F)c(C)cc21. The molecule has 0 spiro atoms. The Bertz CT molecular complexity index is 569. The highest BCUT2D eigenvalue weighted by molar-refractivity contribution is 5.79. The number of nitrogen functional groups attached to an aromatic ring is 1. The first kappa shape index (κ1) is 13.8. The van der Waals surface area contributed by atoms with Crippen molar-refractivity contribution in [3.05, 3.63) is 23.5 Å². The average molecular weight is 267 g/mol. The fourth-order valence-corrected chi connectivity index (χ4v) is 1.90. The standard InChI is InChI=1S/C13H18FN3O2/c1-9-7-12-11(8-10(9)14)16-13(15)17(12)3-4-19-6-5-18-2/h7-8H,3-6H2,1-2H3,(H2,15,16). The molecule has 0 aliphatic heterocycles. The van der Waals surface area contributed by atoms with Crippen LogP contribution in [0.2, 0.25) is 0 Å². The molecule has 1 aromatic heterocycles. The highest BCUT2D eigenvalue weighted by Gasteiger charge is 2.10. The van der Waals surface area contributed by atoms with Gasteiger partial charge in [-0.25, -0.2) is 9.37 Å². The van der Waals surface area contributed by atoms with E-state index in [-0.39, 0.29) is 5.82 Å². The van der Waals surface area contributed by atoms with Gasteiger partial charge in [0.2, 0.25) is 5.95 Å². The number of nitrogens with two attached hydrogens (primary N) is 1. The first-order valence-electron chi connectivity index (χ1n) is 6.12. The number of hydrogen-bond donors (Lipinski definition) is 1. The van der Waals surface area contributed by atoms with Gasteiger partial charge in [-0.05, 0) is 18.6 Å². The molecule has 19 heavy (non-hydrogen) atoms. The van der Waals surface area contributed by atoms with Crippen LogP contribution in [-0.4, -0.2) is 36.5 Å². The molecule has 0 amide bonds. The quantitative estimate of drug-likeness (QED) is 0.810. The number of benzene rings is 1. The second-order valence-electron chi connectivity index (χ2n) is 4.32. The van der Waals surface area contributed by atoms with Gasteiger partial charge in [0.05, 0.1) is 30.9 Å². The lowest BCUT2D eigenvalue weighted by molar-refractivity contribution is 0.0671. The van der Waals surface area contributed by atoms with Crippen molar-refractivity contribution in [1.29, 1.82) is 0 Å². The summed E-state index contributed by atoms with van der Waals surface area (Å²) in [7, 11) is 1.63. The topological polar surface area (TPSA) is 62.3 Å². The van der Waals surface area contributed by atoms with Gasteiger partial charge in [-0.1, -0.05) is 0 Å². The summed E-state index contributed by atoms with van der Waals surface area (Å²) >= 11 is 0. The Balaban J connectivity index is 2.13. The molecule has 0 atom stereocenters. The lowest BCUT2D eigenvalue weighted by atomic mass is 10.2. The van der Waals surface area contributed by atoms with Gasteiger partial charge >= 0.3 is 0 Å². The predicted octanol–water partition coefficient (Wildman–Crippen LogP) is 1.73. The Morgan fingerprint density at radius 2 is 2.11 bits per heavy atom. The summed E-state index contributed by atoms with van der Waals surface area (Å²) in [5, 5.41) is 0. The number of halogens is 1. The van der Waals surface area contributed by atoms with E-state index < -0.39 is 0 Å². The Morgan fingerprint density at radius 1 is 1.32 bits per heavy atom. The molecule has 104 valence electrons. The number of hydrogen-bond acceptors (Lipinski definition) is 4. The molecule has 0 bridgehead atoms. The van der Waals surface area contributed by atoms with Crippen molar-refractivity contribution in [2.24, 2.45) is 0 Å². The number of anilines is 1. The largest absolute Gasteiger partial charge is 0.382 e. The van der Waals surface area contributed by atoms with Crippen molar-refractivity contribution in [3.8, 4) is 0 Å². The van der Waals surface area contributed by atoms with Crippen molar-refractivity contribution in [1.82, 2.24) is 9.55 Å². The molecular formula is C13H18FN3O2. The van der Waals surface area contributed by atoms with Gasteiger partial charge in [-0.3, -0.25) is 0 Å². The summed E-state index contributed by atoms with van der Waals surface area (Å²) in [6, 6.07) is 3.16. The Hall–Kier alpha value is -1.66. The number of fused-ring (bicyclic) bond motifs is 1. The summed E-state index contributed by atoms with van der Waals surface area (Å²) in [5.74, 6) is 0.101. The van der Waals surface area contributed by atoms with Gasteiger partial charge < -0.3 is 19.8 Å². The van der Waals surface area contributed by atoms with Gasteiger partial charge in [-0.15, -0.1) is 0 Å². The van der Waals surface area contributed by atoms with Gasteiger partial charge in [0, 0.05) is 19.7 Å². The van der Waals surface area contributed by atoms with Crippen LogP contribution >= 0.6 is 0 Å². The summed E-state index contributed by atoms with van der Waals surface area (Å²) in [6.45, 7) is 3.91. The van der Waals surface area contributed by atoms with Gasteiger partial charge in [0.15, 0.2) is 0 Å². The molecule has 0 aliphatic rings. The van der Waals surface area contributed by atoms with E-state index in [0.29, 0.717) is 43.4 Å². The maximum atomic E-state index is 13.5. The molecule has 0 saturated heterocycles. The maximum Gasteiger partial charge on any atom is 0.201 e. The van der Waals surface area contributed by atoms with Crippen molar-refractivity contribution in [2.75, 3.05) is 32.7 Å². The third-order valence-corrected chi connectivity index (χ3v) is 2.95. The third kappa shape index (κ3) is 3.02. The van der Waals surface area contributed by atoms with E-state index in [0.717, 1.165) is 5.52 Å². The molecule has 0 fully saturated rings. The van der Waals surface area contributed by atoms with Crippen LogP contribution in [0, 0.1) is 12.7 Å². The maximum absolute atomic E-state index is 13.5. The number of ether oxygens (including phenoxy) is 2. The van der Waals surface area contributed by atoms with E-state index in [9.17, 15) is 4.39 Å². The third-order valence-electron chi connectivity index (χ3n) is 2.95. The average Bonchev–Trinajstić information content (AvgIpc) is 2.66. The molecule has 0 saturated carbocycles. The fourth-order valence-electron chi connectivity index (χ4n) is 1.90. The van der Waals surface area contributed by atoms with Gasteiger partial charge in [-0.2, -0.15) is 0 Å². The lowest BCUT2D eigenvalue weighted by Gasteiger charge is -2.08. The van der Waals surface area contributed by atoms with Gasteiger partial charge in [0.25, 0.3) is 0 Å². The first-order chi connectivity index (χ1) is 9.13. The molecular weight excluding hydrogens is 249 g/mol. The second kappa shape index (κ2) is 5.99. The zero-order chi connectivity index (χ0) is 13.8. The molecule has 2 rings (SSSR count). The number of aromatic nitrogens is 2. The van der Waals surface area contributed by atoms with E-state index in [1.807, 2.05) is 4.57 Å². The molecule has 1 aromatic carbocycles. The fraction of sp³-hybridized carbons (Fsp3) is 0.462. The van der Waals surface area contributed by atoms with Crippen molar-refractivity contribution in [3.63, 3.8) is 0 Å². The summed E-state index contributed by atoms with van der Waals surface area (Å²) < 4.78 is 25.6. The number of nitrogens with zero attached hydrogens (tertiary/aromatic N) is 2. The zero-order valence-corrected chi connectivity index (χ0v) is 11.1.